The number of carbonyl (C=O) groups is 1. The van der Waals surface area contributed by atoms with Gasteiger partial charge in [-0.1, -0.05) is 6.58 Å². The van der Waals surface area contributed by atoms with E-state index in [0.29, 0.717) is 11.9 Å². The van der Waals surface area contributed by atoms with Gasteiger partial charge in [0.1, 0.15) is 0 Å². The van der Waals surface area contributed by atoms with Crippen molar-refractivity contribution in [3.8, 4) is 0 Å². The molecule has 0 saturated carbocycles. The van der Waals surface area contributed by atoms with Crippen molar-refractivity contribution in [3.05, 3.63) is 12.4 Å². The van der Waals surface area contributed by atoms with Gasteiger partial charge in [-0.15, -0.1) is 0 Å². The summed E-state index contributed by atoms with van der Waals surface area (Å²) in [6.07, 6.45) is 0. The second-order valence-electron chi connectivity index (χ2n) is 2.46. The van der Waals surface area contributed by atoms with Crippen LogP contribution in [-0.4, -0.2) is 11.9 Å². The Labute approximate surface area is 61.5 Å². The molecule has 2 N–H and O–H groups in total. The molecule has 0 atom stereocenters. The van der Waals surface area contributed by atoms with Crippen LogP contribution in [0.5, 0.6) is 0 Å². The topological polar surface area (TPSA) is 41.1 Å². The summed E-state index contributed by atoms with van der Waals surface area (Å²) in [4.78, 5) is 10.4. The Kier molecular flexibility index (Phi) is 3.54. The lowest BCUT2D eigenvalue weighted by molar-refractivity contribution is -0.118. The molecule has 0 radical (unpaired) electrons. The van der Waals surface area contributed by atoms with E-state index in [1.54, 1.807) is 0 Å². The quantitative estimate of drug-likeness (QED) is 0.605. The second kappa shape index (κ2) is 3.93. The smallest absolute Gasteiger partial charge is 0.222 e. The van der Waals surface area contributed by atoms with Crippen LogP contribution in [0.4, 0.5) is 0 Å². The molecule has 1 amide bonds. The zero-order valence-corrected chi connectivity index (χ0v) is 6.69. The Morgan fingerprint density at radius 3 is 2.30 bits per heavy atom. The molecule has 0 rings (SSSR count). The summed E-state index contributed by atoms with van der Waals surface area (Å²) >= 11 is 0. The molecule has 0 unspecified atom stereocenters. The minimum Gasteiger partial charge on any atom is -0.370 e. The van der Waals surface area contributed by atoms with E-state index in [0.717, 1.165) is 0 Å². The van der Waals surface area contributed by atoms with Crippen molar-refractivity contribution in [2.24, 2.45) is 0 Å². The molecule has 58 valence electrons. The first-order valence-corrected chi connectivity index (χ1v) is 3.25. The van der Waals surface area contributed by atoms with Crippen molar-refractivity contribution in [1.82, 2.24) is 10.6 Å². The van der Waals surface area contributed by atoms with E-state index in [-0.39, 0.29) is 5.91 Å². The van der Waals surface area contributed by atoms with Gasteiger partial charge in [0.05, 0.1) is 5.82 Å². The molecule has 0 aliphatic heterocycles. The van der Waals surface area contributed by atoms with Crippen molar-refractivity contribution in [2.75, 3.05) is 0 Å². The predicted molar refractivity (Wildman–Crippen MR) is 41.2 cm³/mol. The van der Waals surface area contributed by atoms with E-state index in [4.69, 9.17) is 0 Å². The summed E-state index contributed by atoms with van der Waals surface area (Å²) < 4.78 is 0. The van der Waals surface area contributed by atoms with Crippen molar-refractivity contribution in [2.45, 2.75) is 26.8 Å². The van der Waals surface area contributed by atoms with Crippen molar-refractivity contribution < 1.29 is 4.79 Å². The maximum absolute atomic E-state index is 10.4. The molecular weight excluding hydrogens is 128 g/mol. The van der Waals surface area contributed by atoms with E-state index < -0.39 is 0 Å². The van der Waals surface area contributed by atoms with E-state index in [9.17, 15) is 4.79 Å². The average Bonchev–Trinajstić information content (AvgIpc) is 1.58. The molecular formula is C7H14N2O. The number of nitrogens with one attached hydrogen (secondary N) is 2. The van der Waals surface area contributed by atoms with Gasteiger partial charge in [-0.3, -0.25) is 4.79 Å². The van der Waals surface area contributed by atoms with Crippen LogP contribution in [0.2, 0.25) is 0 Å². The lowest BCUT2D eigenvalue weighted by Crippen LogP contribution is -2.32. The molecule has 0 spiro atoms. The molecule has 0 aliphatic rings. The van der Waals surface area contributed by atoms with Gasteiger partial charge in [0.2, 0.25) is 5.91 Å². The van der Waals surface area contributed by atoms with Crippen molar-refractivity contribution in [1.29, 1.82) is 0 Å². The van der Waals surface area contributed by atoms with Gasteiger partial charge in [-0.05, 0) is 13.8 Å². The highest BCUT2D eigenvalue weighted by Crippen LogP contribution is 1.82. The number of amides is 1. The van der Waals surface area contributed by atoms with Crippen LogP contribution in [0.15, 0.2) is 12.4 Å². The van der Waals surface area contributed by atoms with Crippen molar-refractivity contribution in [3.63, 3.8) is 0 Å². The van der Waals surface area contributed by atoms with Crippen LogP contribution < -0.4 is 10.6 Å². The number of hydrogen-bond donors (Lipinski definition) is 2. The molecule has 0 saturated heterocycles. The minimum absolute atomic E-state index is 0.0989. The summed E-state index contributed by atoms with van der Waals surface area (Å²) in [5.41, 5.74) is 0. The van der Waals surface area contributed by atoms with Crippen LogP contribution in [-0.2, 0) is 4.79 Å². The maximum Gasteiger partial charge on any atom is 0.222 e. The fraction of sp³-hybridized carbons (Fsp3) is 0.571. The number of carbonyl (C=O) groups excluding carboxylic acids is 1. The summed E-state index contributed by atoms with van der Waals surface area (Å²) in [5.74, 6) is 0.459. The molecule has 0 fully saturated rings. The van der Waals surface area contributed by atoms with Crippen LogP contribution >= 0.6 is 0 Å². The first kappa shape index (κ1) is 9.01. The third kappa shape index (κ3) is 5.15. The van der Waals surface area contributed by atoms with Gasteiger partial charge in [0, 0.05) is 13.0 Å². The van der Waals surface area contributed by atoms with E-state index in [1.165, 1.54) is 6.92 Å². The average molecular weight is 142 g/mol. The monoisotopic (exact) mass is 142 g/mol. The Bertz CT molecular complexity index is 141. The largest absolute Gasteiger partial charge is 0.370 e. The molecule has 3 nitrogen and oxygen atoms in total. The number of hydrogen-bond acceptors (Lipinski definition) is 2. The summed E-state index contributed by atoms with van der Waals surface area (Å²) in [6, 6.07) is 0.305. The first-order valence-electron chi connectivity index (χ1n) is 3.25. The highest BCUT2D eigenvalue weighted by molar-refractivity contribution is 5.74. The first-order chi connectivity index (χ1) is 4.52. The summed E-state index contributed by atoms with van der Waals surface area (Å²) in [5, 5.41) is 5.48. The Morgan fingerprint density at radius 1 is 1.50 bits per heavy atom. The van der Waals surface area contributed by atoms with Gasteiger partial charge in [0.25, 0.3) is 0 Å². The standard InChI is InChI=1S/C7H14N2O/c1-5(2)8-6(3)9-7(4)10/h5,8H,3H2,1-2,4H3,(H,9,10). The van der Waals surface area contributed by atoms with Gasteiger partial charge in [0.15, 0.2) is 0 Å². The zero-order chi connectivity index (χ0) is 8.15. The minimum atomic E-state index is -0.0989. The van der Waals surface area contributed by atoms with Crippen LogP contribution in [0.25, 0.3) is 0 Å². The molecule has 10 heavy (non-hydrogen) atoms. The van der Waals surface area contributed by atoms with Gasteiger partial charge in [-0.25, -0.2) is 0 Å². The lowest BCUT2D eigenvalue weighted by atomic mass is 10.4. The molecule has 0 aromatic heterocycles. The predicted octanol–water partition coefficient (Wildman–Crippen LogP) is 0.592. The molecule has 0 bridgehead atoms. The molecule has 3 heteroatoms. The van der Waals surface area contributed by atoms with Crippen molar-refractivity contribution >= 4 is 5.91 Å². The SMILES string of the molecule is C=C(NC(C)=O)NC(C)C. The summed E-state index contributed by atoms with van der Waals surface area (Å²) in [6.45, 7) is 9.00. The fourth-order valence-corrected chi connectivity index (χ4v) is 0.597. The molecule has 0 aromatic carbocycles. The van der Waals surface area contributed by atoms with Crippen LogP contribution in [0.1, 0.15) is 20.8 Å². The van der Waals surface area contributed by atoms with Crippen LogP contribution in [0.3, 0.4) is 0 Å². The number of rotatable bonds is 3. The summed E-state index contributed by atoms with van der Waals surface area (Å²) in [7, 11) is 0. The van der Waals surface area contributed by atoms with Gasteiger partial charge in [-0.2, -0.15) is 0 Å². The highest BCUT2D eigenvalue weighted by atomic mass is 16.1. The third-order valence-corrected chi connectivity index (χ3v) is 0.790. The zero-order valence-electron chi connectivity index (χ0n) is 6.69. The maximum atomic E-state index is 10.4. The Balaban J connectivity index is 3.54. The molecule has 0 heterocycles. The normalized spacial score (nSPS) is 9.20. The molecule has 0 aromatic rings. The Morgan fingerprint density at radius 2 is 2.00 bits per heavy atom. The van der Waals surface area contributed by atoms with E-state index >= 15 is 0 Å². The van der Waals surface area contributed by atoms with Crippen LogP contribution in [0, 0.1) is 0 Å². The van der Waals surface area contributed by atoms with E-state index in [2.05, 4.69) is 17.2 Å². The highest BCUT2D eigenvalue weighted by Gasteiger charge is 1.96. The van der Waals surface area contributed by atoms with E-state index in [1.807, 2.05) is 13.8 Å². The van der Waals surface area contributed by atoms with Gasteiger partial charge >= 0.3 is 0 Å². The Hall–Kier alpha value is -0.990. The van der Waals surface area contributed by atoms with Gasteiger partial charge < -0.3 is 10.6 Å². The second-order valence-corrected chi connectivity index (χ2v) is 2.46. The third-order valence-electron chi connectivity index (χ3n) is 0.790. The molecule has 0 aliphatic carbocycles. The fourth-order valence-electron chi connectivity index (χ4n) is 0.597. The lowest BCUT2D eigenvalue weighted by Gasteiger charge is -2.11.